The number of benzene rings is 1. The van der Waals surface area contributed by atoms with Gasteiger partial charge in [-0.25, -0.2) is 0 Å². The number of hydrogen-bond acceptors (Lipinski definition) is 3. The van der Waals surface area contributed by atoms with Gasteiger partial charge in [0, 0.05) is 16.7 Å². The van der Waals surface area contributed by atoms with Crippen molar-refractivity contribution < 1.29 is 22.1 Å². The van der Waals surface area contributed by atoms with E-state index in [1.165, 1.54) is 6.07 Å². The summed E-state index contributed by atoms with van der Waals surface area (Å²) in [6.07, 6.45) is -4.39. The van der Waals surface area contributed by atoms with Gasteiger partial charge in [0.2, 0.25) is 0 Å². The van der Waals surface area contributed by atoms with Crippen LogP contribution in [0.1, 0.15) is 45.1 Å². The Kier molecular flexibility index (Phi) is 4.52. The molecule has 22 heavy (non-hydrogen) atoms. The van der Waals surface area contributed by atoms with Gasteiger partial charge in [-0.2, -0.15) is 13.2 Å². The van der Waals surface area contributed by atoms with Crippen LogP contribution in [0, 0.1) is 0 Å². The number of hydrogen-bond donors (Lipinski definition) is 1. The highest BCUT2D eigenvalue weighted by Gasteiger charge is 2.32. The first kappa shape index (κ1) is 17.2. The van der Waals surface area contributed by atoms with Gasteiger partial charge < -0.3 is 8.97 Å². The number of fused-ring (bicyclic) bond motifs is 1. The summed E-state index contributed by atoms with van der Waals surface area (Å²) in [5, 5.41) is 0.375. The molecule has 1 heterocycles. The summed E-state index contributed by atoms with van der Waals surface area (Å²) in [4.78, 5) is 0. The van der Waals surface area contributed by atoms with Gasteiger partial charge in [0.05, 0.1) is 5.56 Å². The predicted molar refractivity (Wildman–Crippen MR) is 80.7 cm³/mol. The van der Waals surface area contributed by atoms with E-state index in [9.17, 15) is 17.7 Å². The van der Waals surface area contributed by atoms with Crippen LogP contribution in [0.15, 0.2) is 28.7 Å². The summed E-state index contributed by atoms with van der Waals surface area (Å²) < 4.78 is 58.2. The molecule has 0 aliphatic heterocycles. The zero-order valence-corrected chi connectivity index (χ0v) is 13.6. The maximum atomic E-state index is 12.7. The van der Waals surface area contributed by atoms with Crippen LogP contribution in [0.2, 0.25) is 0 Å². The molecule has 0 spiro atoms. The van der Waals surface area contributed by atoms with Crippen LogP contribution in [0.3, 0.4) is 0 Å². The Hall–Kier alpha value is -1.18. The second-order valence-corrected chi connectivity index (χ2v) is 8.12. The summed E-state index contributed by atoms with van der Waals surface area (Å²) >= 11 is -1.30. The van der Waals surface area contributed by atoms with Crippen molar-refractivity contribution in [2.45, 2.75) is 44.7 Å². The predicted octanol–water partition coefficient (Wildman–Crippen LogP) is 4.56. The van der Waals surface area contributed by atoms with Crippen molar-refractivity contribution in [3.05, 3.63) is 35.6 Å². The molecule has 1 aromatic heterocycles. The highest BCUT2D eigenvalue weighted by molar-refractivity contribution is 7.90. The van der Waals surface area contributed by atoms with Gasteiger partial charge in [0.25, 0.3) is 0 Å². The number of nitrogens with one attached hydrogen (secondary N) is 1. The number of furan rings is 1. The fraction of sp³-hybridized carbons (Fsp3) is 0.467. The zero-order chi connectivity index (χ0) is 16.7. The molecule has 2 aromatic rings. The molecule has 1 aromatic carbocycles. The molecule has 0 radical (unpaired) electrons. The van der Waals surface area contributed by atoms with Gasteiger partial charge >= 0.3 is 6.18 Å². The first-order valence-electron chi connectivity index (χ1n) is 6.77. The molecule has 0 bridgehead atoms. The van der Waals surface area contributed by atoms with Crippen molar-refractivity contribution in [3.8, 4) is 0 Å². The molecule has 0 fully saturated rings. The molecule has 1 N–H and O–H groups in total. The monoisotopic (exact) mass is 333 g/mol. The minimum absolute atomic E-state index is 0.373. The van der Waals surface area contributed by atoms with Crippen molar-refractivity contribution in [3.63, 3.8) is 0 Å². The number of rotatable bonds is 3. The van der Waals surface area contributed by atoms with Crippen LogP contribution in [-0.4, -0.2) is 9.30 Å². The first-order chi connectivity index (χ1) is 9.98. The van der Waals surface area contributed by atoms with Crippen LogP contribution in [0.4, 0.5) is 13.2 Å². The average molecular weight is 333 g/mol. The lowest BCUT2D eigenvalue weighted by atomic mass is 10.1. The fourth-order valence-corrected chi connectivity index (χ4v) is 2.64. The van der Waals surface area contributed by atoms with E-state index < -0.39 is 27.8 Å². The second-order valence-electron chi connectivity index (χ2n) is 6.12. The minimum Gasteiger partial charge on any atom is -0.598 e. The summed E-state index contributed by atoms with van der Waals surface area (Å²) in [5.41, 5.74) is -0.343. The third kappa shape index (κ3) is 3.77. The molecule has 2 unspecified atom stereocenters. The molecule has 3 nitrogen and oxygen atoms in total. The van der Waals surface area contributed by atoms with Crippen LogP contribution < -0.4 is 4.72 Å². The first-order valence-corrected chi connectivity index (χ1v) is 7.92. The van der Waals surface area contributed by atoms with Crippen molar-refractivity contribution in [1.82, 2.24) is 4.72 Å². The summed E-state index contributed by atoms with van der Waals surface area (Å²) in [5.74, 6) is 0.451. The molecular weight excluding hydrogens is 315 g/mol. The van der Waals surface area contributed by atoms with Crippen LogP contribution in [-0.2, 0) is 17.5 Å². The standard InChI is InChI=1S/C15H18F3NO2S/c1-9(19-22(20)14(2,3)4)13-8-10-7-11(15(16,17)18)5-6-12(10)21-13/h5-9,19H,1-4H3. The third-order valence-corrected chi connectivity index (χ3v) is 4.81. The molecule has 7 heteroatoms. The van der Waals surface area contributed by atoms with E-state index in [0.29, 0.717) is 16.7 Å². The van der Waals surface area contributed by atoms with Gasteiger partial charge in [-0.1, -0.05) is 0 Å². The summed E-state index contributed by atoms with van der Waals surface area (Å²) in [6, 6.07) is 4.51. The lowest BCUT2D eigenvalue weighted by Crippen LogP contribution is -2.40. The van der Waals surface area contributed by atoms with Crippen molar-refractivity contribution in [1.29, 1.82) is 0 Å². The van der Waals surface area contributed by atoms with Crippen molar-refractivity contribution in [2.24, 2.45) is 0 Å². The van der Waals surface area contributed by atoms with E-state index in [4.69, 9.17) is 4.42 Å². The SMILES string of the molecule is CC(N[S+]([O-])C(C)(C)C)c1cc2cc(C(F)(F)F)ccc2o1. The maximum absolute atomic E-state index is 12.7. The van der Waals surface area contributed by atoms with E-state index in [-0.39, 0.29) is 6.04 Å². The molecule has 0 aliphatic carbocycles. The Morgan fingerprint density at radius 3 is 2.36 bits per heavy atom. The molecule has 2 atom stereocenters. The molecule has 0 saturated heterocycles. The van der Waals surface area contributed by atoms with Crippen LogP contribution in [0.25, 0.3) is 11.0 Å². The van der Waals surface area contributed by atoms with Crippen molar-refractivity contribution in [2.75, 3.05) is 0 Å². The fourth-order valence-electron chi connectivity index (χ4n) is 1.85. The van der Waals surface area contributed by atoms with E-state index in [1.807, 2.05) is 20.8 Å². The highest BCUT2D eigenvalue weighted by Crippen LogP contribution is 2.33. The van der Waals surface area contributed by atoms with E-state index in [0.717, 1.165) is 12.1 Å². The largest absolute Gasteiger partial charge is 0.598 e. The van der Waals surface area contributed by atoms with Gasteiger partial charge in [0.15, 0.2) is 0 Å². The Balaban J connectivity index is 2.26. The molecular formula is C15H18F3NO2S. The Morgan fingerprint density at radius 2 is 1.82 bits per heavy atom. The average Bonchev–Trinajstić information content (AvgIpc) is 2.79. The third-order valence-electron chi connectivity index (χ3n) is 3.13. The molecule has 122 valence electrons. The number of alkyl halides is 3. The Labute approximate surface area is 130 Å². The molecule has 2 rings (SSSR count). The topological polar surface area (TPSA) is 48.2 Å². The highest BCUT2D eigenvalue weighted by atomic mass is 32.2. The van der Waals surface area contributed by atoms with E-state index in [2.05, 4.69) is 4.72 Å². The Bertz CT molecular complexity index is 661. The smallest absolute Gasteiger partial charge is 0.416 e. The minimum atomic E-state index is -4.39. The Morgan fingerprint density at radius 1 is 1.18 bits per heavy atom. The maximum Gasteiger partial charge on any atom is 0.416 e. The van der Waals surface area contributed by atoms with Crippen LogP contribution >= 0.6 is 0 Å². The van der Waals surface area contributed by atoms with E-state index >= 15 is 0 Å². The van der Waals surface area contributed by atoms with Gasteiger partial charge in [0.1, 0.15) is 22.1 Å². The molecule has 0 saturated carbocycles. The summed E-state index contributed by atoms with van der Waals surface area (Å²) in [7, 11) is 0. The van der Waals surface area contributed by atoms with E-state index in [1.54, 1.807) is 13.0 Å². The summed E-state index contributed by atoms with van der Waals surface area (Å²) in [6.45, 7) is 7.25. The lowest BCUT2D eigenvalue weighted by molar-refractivity contribution is -0.137. The molecule has 0 aliphatic rings. The van der Waals surface area contributed by atoms with Crippen LogP contribution in [0.5, 0.6) is 0 Å². The zero-order valence-electron chi connectivity index (χ0n) is 12.7. The second kappa shape index (κ2) is 5.79. The quantitative estimate of drug-likeness (QED) is 0.837. The molecule has 0 amide bonds. The number of halogens is 3. The van der Waals surface area contributed by atoms with Gasteiger partial charge in [-0.3, -0.25) is 0 Å². The van der Waals surface area contributed by atoms with Gasteiger partial charge in [-0.05, 0) is 52.0 Å². The normalized spacial score (nSPS) is 16.0. The lowest BCUT2D eigenvalue weighted by Gasteiger charge is -2.25. The van der Waals surface area contributed by atoms with Crippen molar-refractivity contribution >= 4 is 22.3 Å². The van der Waals surface area contributed by atoms with Gasteiger partial charge in [-0.15, -0.1) is 4.72 Å².